The van der Waals surface area contributed by atoms with Crippen molar-refractivity contribution >= 4 is 5.91 Å². The van der Waals surface area contributed by atoms with Gasteiger partial charge in [-0.1, -0.05) is 42.5 Å². The Labute approximate surface area is 149 Å². The van der Waals surface area contributed by atoms with Crippen LogP contribution in [0.15, 0.2) is 54.6 Å². The Morgan fingerprint density at radius 3 is 2.36 bits per heavy atom. The minimum Gasteiger partial charge on any atom is -0.497 e. The van der Waals surface area contributed by atoms with Gasteiger partial charge < -0.3 is 10.1 Å². The average molecular weight is 338 g/mol. The Bertz CT molecular complexity index is 662. The van der Waals surface area contributed by atoms with E-state index >= 15 is 0 Å². The largest absolute Gasteiger partial charge is 0.497 e. The highest BCUT2D eigenvalue weighted by Gasteiger charge is 2.24. The van der Waals surface area contributed by atoms with Crippen molar-refractivity contribution < 1.29 is 9.53 Å². The minimum absolute atomic E-state index is 0.130. The van der Waals surface area contributed by atoms with Crippen molar-refractivity contribution in [3.8, 4) is 5.75 Å². The maximum absolute atomic E-state index is 12.4. The van der Waals surface area contributed by atoms with Gasteiger partial charge in [0.1, 0.15) is 5.75 Å². The van der Waals surface area contributed by atoms with Gasteiger partial charge in [0.15, 0.2) is 0 Å². The summed E-state index contributed by atoms with van der Waals surface area (Å²) in [5, 5.41) is 3.07. The number of amides is 1. The lowest BCUT2D eigenvalue weighted by atomic mass is 9.95. The highest BCUT2D eigenvalue weighted by atomic mass is 16.5. The molecule has 0 bridgehead atoms. The molecule has 4 nitrogen and oxygen atoms in total. The van der Waals surface area contributed by atoms with Crippen LogP contribution < -0.4 is 10.1 Å². The number of rotatable bonds is 6. The number of benzene rings is 2. The van der Waals surface area contributed by atoms with E-state index in [-0.39, 0.29) is 11.8 Å². The van der Waals surface area contributed by atoms with Gasteiger partial charge in [0.25, 0.3) is 0 Å². The van der Waals surface area contributed by atoms with Gasteiger partial charge in [-0.25, -0.2) is 0 Å². The number of carbonyl (C=O) groups is 1. The summed E-state index contributed by atoms with van der Waals surface area (Å²) in [6, 6.07) is 18.3. The fraction of sp³-hybridized carbons (Fsp3) is 0.381. The maximum Gasteiger partial charge on any atom is 0.223 e. The molecule has 1 heterocycles. The molecule has 0 spiro atoms. The first kappa shape index (κ1) is 17.5. The zero-order chi connectivity index (χ0) is 17.5. The number of methoxy groups -OCH3 is 1. The van der Waals surface area contributed by atoms with Crippen LogP contribution in [0.5, 0.6) is 5.75 Å². The molecular formula is C21H26N2O2. The van der Waals surface area contributed by atoms with E-state index in [0.29, 0.717) is 6.54 Å². The van der Waals surface area contributed by atoms with Crippen molar-refractivity contribution in [1.82, 2.24) is 10.2 Å². The van der Waals surface area contributed by atoms with Crippen LogP contribution in [-0.2, 0) is 17.9 Å². The third-order valence-corrected chi connectivity index (χ3v) is 4.83. The zero-order valence-electron chi connectivity index (χ0n) is 14.8. The van der Waals surface area contributed by atoms with Gasteiger partial charge in [-0.05, 0) is 49.2 Å². The molecule has 0 radical (unpaired) electrons. The molecule has 0 atom stereocenters. The smallest absolute Gasteiger partial charge is 0.223 e. The predicted octanol–water partition coefficient (Wildman–Crippen LogP) is 3.22. The van der Waals surface area contributed by atoms with E-state index in [1.165, 1.54) is 5.56 Å². The van der Waals surface area contributed by atoms with Crippen molar-refractivity contribution in [3.63, 3.8) is 0 Å². The van der Waals surface area contributed by atoms with Crippen molar-refractivity contribution in [2.24, 2.45) is 5.92 Å². The topological polar surface area (TPSA) is 41.6 Å². The van der Waals surface area contributed by atoms with Gasteiger partial charge in [-0.15, -0.1) is 0 Å². The molecule has 0 unspecified atom stereocenters. The van der Waals surface area contributed by atoms with E-state index in [4.69, 9.17) is 4.74 Å². The van der Waals surface area contributed by atoms with E-state index < -0.39 is 0 Å². The molecule has 132 valence electrons. The summed E-state index contributed by atoms with van der Waals surface area (Å²) >= 11 is 0. The number of hydrogen-bond acceptors (Lipinski definition) is 3. The molecule has 1 aliphatic rings. The lowest BCUT2D eigenvalue weighted by molar-refractivity contribution is -0.126. The summed E-state index contributed by atoms with van der Waals surface area (Å²) in [4.78, 5) is 14.8. The molecule has 1 saturated heterocycles. The van der Waals surface area contributed by atoms with Gasteiger partial charge in [-0.3, -0.25) is 9.69 Å². The number of hydrogen-bond donors (Lipinski definition) is 1. The Morgan fingerprint density at radius 1 is 1.04 bits per heavy atom. The summed E-state index contributed by atoms with van der Waals surface area (Å²) in [5.74, 6) is 1.14. The molecule has 25 heavy (non-hydrogen) atoms. The number of nitrogens with one attached hydrogen (secondary N) is 1. The second kappa shape index (κ2) is 8.67. The Kier molecular flexibility index (Phi) is 6.07. The first-order valence-electron chi connectivity index (χ1n) is 8.91. The predicted molar refractivity (Wildman–Crippen MR) is 99.3 cm³/mol. The summed E-state index contributed by atoms with van der Waals surface area (Å²) in [6.45, 7) is 3.51. The van der Waals surface area contributed by atoms with Crippen molar-refractivity contribution in [1.29, 1.82) is 0 Å². The number of ether oxygens (including phenoxy) is 1. The van der Waals surface area contributed by atoms with Crippen LogP contribution in [0, 0.1) is 5.92 Å². The highest BCUT2D eigenvalue weighted by molar-refractivity contribution is 5.78. The van der Waals surface area contributed by atoms with Crippen molar-refractivity contribution in [2.75, 3.05) is 20.2 Å². The molecule has 0 aromatic heterocycles. The van der Waals surface area contributed by atoms with Crippen molar-refractivity contribution in [3.05, 3.63) is 65.7 Å². The second-order valence-electron chi connectivity index (χ2n) is 6.60. The second-order valence-corrected chi connectivity index (χ2v) is 6.60. The molecule has 2 aromatic carbocycles. The first-order chi connectivity index (χ1) is 12.2. The Hall–Kier alpha value is -2.33. The molecule has 0 saturated carbocycles. The van der Waals surface area contributed by atoms with Crippen LogP contribution in [0.3, 0.4) is 0 Å². The van der Waals surface area contributed by atoms with Gasteiger partial charge in [-0.2, -0.15) is 0 Å². The van der Waals surface area contributed by atoms with Crippen LogP contribution >= 0.6 is 0 Å². The molecule has 4 heteroatoms. The summed E-state index contributed by atoms with van der Waals surface area (Å²) in [5.41, 5.74) is 2.43. The van der Waals surface area contributed by atoms with Gasteiger partial charge >= 0.3 is 0 Å². The lowest BCUT2D eigenvalue weighted by Crippen LogP contribution is -2.40. The fourth-order valence-corrected chi connectivity index (χ4v) is 3.27. The standard InChI is InChI=1S/C21H26N2O2/c1-25-20-9-7-17(8-10-20)15-22-21(24)19-11-13-23(14-12-19)16-18-5-3-2-4-6-18/h2-10,19H,11-16H2,1H3,(H,22,24). The molecule has 2 aromatic rings. The molecule has 1 N–H and O–H groups in total. The van der Waals surface area contributed by atoms with Crippen LogP contribution in [0.2, 0.25) is 0 Å². The van der Waals surface area contributed by atoms with Gasteiger partial charge in [0.05, 0.1) is 7.11 Å². The van der Waals surface area contributed by atoms with Gasteiger partial charge in [0, 0.05) is 19.0 Å². The zero-order valence-corrected chi connectivity index (χ0v) is 14.8. The van der Waals surface area contributed by atoms with Crippen LogP contribution in [0.25, 0.3) is 0 Å². The molecular weight excluding hydrogens is 312 g/mol. The number of nitrogens with zero attached hydrogens (tertiary/aromatic N) is 1. The third kappa shape index (κ3) is 5.07. The quantitative estimate of drug-likeness (QED) is 0.879. The van der Waals surface area contributed by atoms with E-state index in [1.54, 1.807) is 7.11 Å². The molecule has 1 aliphatic heterocycles. The summed E-state index contributed by atoms with van der Waals surface area (Å²) in [7, 11) is 1.65. The SMILES string of the molecule is COc1ccc(CNC(=O)C2CCN(Cc3ccccc3)CC2)cc1. The molecule has 3 rings (SSSR count). The molecule has 1 amide bonds. The maximum atomic E-state index is 12.4. The summed E-state index contributed by atoms with van der Waals surface area (Å²) in [6.07, 6.45) is 1.86. The summed E-state index contributed by atoms with van der Waals surface area (Å²) < 4.78 is 5.15. The Morgan fingerprint density at radius 2 is 1.72 bits per heavy atom. The van der Waals surface area contributed by atoms with E-state index in [9.17, 15) is 4.79 Å². The Balaban J connectivity index is 1.41. The van der Waals surface area contributed by atoms with Crippen LogP contribution in [0.4, 0.5) is 0 Å². The minimum atomic E-state index is 0.130. The average Bonchev–Trinajstić information content (AvgIpc) is 2.68. The number of piperidine rings is 1. The van der Waals surface area contributed by atoms with Crippen molar-refractivity contribution in [2.45, 2.75) is 25.9 Å². The van der Waals surface area contributed by atoms with E-state index in [1.807, 2.05) is 30.3 Å². The number of carbonyl (C=O) groups excluding carboxylic acids is 1. The highest BCUT2D eigenvalue weighted by Crippen LogP contribution is 2.19. The van der Waals surface area contributed by atoms with E-state index in [2.05, 4.69) is 34.5 Å². The van der Waals surface area contributed by atoms with Crippen LogP contribution in [0.1, 0.15) is 24.0 Å². The van der Waals surface area contributed by atoms with Crippen LogP contribution in [-0.4, -0.2) is 31.0 Å². The van der Waals surface area contributed by atoms with Gasteiger partial charge in [0.2, 0.25) is 5.91 Å². The fourth-order valence-electron chi connectivity index (χ4n) is 3.27. The molecule has 0 aliphatic carbocycles. The first-order valence-corrected chi connectivity index (χ1v) is 8.91. The normalized spacial score (nSPS) is 15.7. The molecule has 1 fully saturated rings. The number of likely N-dealkylation sites (tertiary alicyclic amines) is 1. The monoisotopic (exact) mass is 338 g/mol. The van der Waals surface area contributed by atoms with E-state index in [0.717, 1.165) is 43.8 Å². The third-order valence-electron chi connectivity index (χ3n) is 4.83. The lowest BCUT2D eigenvalue weighted by Gasteiger charge is -2.31.